The molecule has 1 amide bonds. The first-order valence-electron chi connectivity index (χ1n) is 11.0. The average molecular weight is 589 g/mol. The van der Waals surface area contributed by atoms with Crippen LogP contribution in [0.1, 0.15) is 36.8 Å². The SMILES string of the molecule is COP(=O)(COc1ccc(Cn2c(COC(N)=O)nc(C(C)C)c2Sc2cc(Cl)cc(Cl)c2)cn1)OC. The highest BCUT2D eigenvalue weighted by Crippen LogP contribution is 2.46. The number of rotatable bonds is 12. The van der Waals surface area contributed by atoms with Crippen LogP contribution < -0.4 is 10.5 Å². The minimum absolute atomic E-state index is 0.0666. The highest BCUT2D eigenvalue weighted by molar-refractivity contribution is 7.99. The van der Waals surface area contributed by atoms with E-state index in [0.29, 0.717) is 22.4 Å². The van der Waals surface area contributed by atoms with E-state index >= 15 is 0 Å². The molecule has 0 aliphatic heterocycles. The molecule has 0 fully saturated rings. The van der Waals surface area contributed by atoms with Crippen LogP contribution in [0.15, 0.2) is 46.5 Å². The normalized spacial score (nSPS) is 11.6. The van der Waals surface area contributed by atoms with E-state index in [4.69, 9.17) is 52.4 Å². The van der Waals surface area contributed by atoms with Gasteiger partial charge < -0.3 is 28.8 Å². The Bertz CT molecular complexity index is 1260. The molecule has 37 heavy (non-hydrogen) atoms. The summed E-state index contributed by atoms with van der Waals surface area (Å²) in [5.41, 5.74) is 6.83. The summed E-state index contributed by atoms with van der Waals surface area (Å²) in [7, 11) is -0.768. The lowest BCUT2D eigenvalue weighted by Crippen LogP contribution is -2.15. The Balaban J connectivity index is 1.94. The van der Waals surface area contributed by atoms with Crippen LogP contribution in [0.25, 0.3) is 0 Å². The second-order valence-corrected chi connectivity index (χ2v) is 12.2. The van der Waals surface area contributed by atoms with E-state index < -0.39 is 13.7 Å². The first-order valence-corrected chi connectivity index (χ1v) is 14.3. The number of aromatic nitrogens is 3. The summed E-state index contributed by atoms with van der Waals surface area (Å²) in [6.07, 6.45) is 0.450. The molecule has 10 nitrogen and oxygen atoms in total. The lowest BCUT2D eigenvalue weighted by Gasteiger charge is -2.15. The third kappa shape index (κ3) is 8.10. The topological polar surface area (TPSA) is 128 Å². The fraction of sp³-hybridized carbons (Fsp3) is 0.348. The Hall–Kier alpha value is -2.27. The Morgan fingerprint density at radius 2 is 1.84 bits per heavy atom. The highest BCUT2D eigenvalue weighted by atomic mass is 35.5. The molecule has 14 heteroatoms. The van der Waals surface area contributed by atoms with Crippen molar-refractivity contribution >= 4 is 48.7 Å². The molecule has 0 radical (unpaired) electrons. The van der Waals surface area contributed by atoms with Crippen LogP contribution in [0.5, 0.6) is 5.88 Å². The monoisotopic (exact) mass is 588 g/mol. The van der Waals surface area contributed by atoms with Gasteiger partial charge >= 0.3 is 13.7 Å². The Kier molecular flexibility index (Phi) is 10.3. The molecule has 0 spiro atoms. The maximum atomic E-state index is 12.2. The molecule has 0 bridgehead atoms. The third-order valence-electron chi connectivity index (χ3n) is 5.03. The molecule has 1 aromatic carbocycles. The minimum Gasteiger partial charge on any atom is -0.465 e. The number of carbonyl (C=O) groups excluding carboxylic acids is 1. The molecule has 0 saturated heterocycles. The first-order chi connectivity index (χ1) is 17.5. The molecule has 3 rings (SSSR count). The van der Waals surface area contributed by atoms with Gasteiger partial charge in [0, 0.05) is 41.4 Å². The van der Waals surface area contributed by atoms with Crippen LogP contribution in [-0.2, 0) is 31.5 Å². The van der Waals surface area contributed by atoms with Crippen LogP contribution in [0.2, 0.25) is 10.0 Å². The molecule has 2 N–H and O–H groups in total. The number of ether oxygens (including phenoxy) is 2. The van der Waals surface area contributed by atoms with Gasteiger partial charge in [-0.25, -0.2) is 14.8 Å². The van der Waals surface area contributed by atoms with Crippen molar-refractivity contribution in [3.05, 3.63) is 63.7 Å². The van der Waals surface area contributed by atoms with E-state index in [2.05, 4.69) is 4.98 Å². The number of amides is 1. The van der Waals surface area contributed by atoms with E-state index in [9.17, 15) is 9.36 Å². The van der Waals surface area contributed by atoms with Crippen molar-refractivity contribution in [1.82, 2.24) is 14.5 Å². The number of hydrogen-bond acceptors (Lipinski definition) is 9. The van der Waals surface area contributed by atoms with E-state index in [-0.39, 0.29) is 24.8 Å². The maximum Gasteiger partial charge on any atom is 0.404 e. The Morgan fingerprint density at radius 1 is 1.16 bits per heavy atom. The Morgan fingerprint density at radius 3 is 2.38 bits per heavy atom. The summed E-state index contributed by atoms with van der Waals surface area (Å²) >= 11 is 13.9. The lowest BCUT2D eigenvalue weighted by molar-refractivity contribution is 0.145. The maximum absolute atomic E-state index is 12.2. The number of primary amides is 1. The van der Waals surface area contributed by atoms with Crippen molar-refractivity contribution in [3.8, 4) is 5.88 Å². The number of imidazole rings is 1. The molecule has 0 unspecified atom stereocenters. The van der Waals surface area contributed by atoms with E-state index in [1.54, 1.807) is 18.3 Å². The van der Waals surface area contributed by atoms with Crippen LogP contribution in [0.4, 0.5) is 4.79 Å². The highest BCUT2D eigenvalue weighted by Gasteiger charge is 2.23. The van der Waals surface area contributed by atoms with Gasteiger partial charge in [-0.1, -0.05) is 54.9 Å². The number of benzene rings is 1. The van der Waals surface area contributed by atoms with Gasteiger partial charge in [-0.2, -0.15) is 0 Å². The molecule has 2 heterocycles. The van der Waals surface area contributed by atoms with Crippen molar-refractivity contribution in [2.45, 2.75) is 42.8 Å². The third-order valence-corrected chi connectivity index (χ3v) is 8.12. The fourth-order valence-electron chi connectivity index (χ4n) is 3.19. The zero-order valence-corrected chi connectivity index (χ0v) is 23.9. The number of carbonyl (C=O) groups is 1. The van der Waals surface area contributed by atoms with Crippen molar-refractivity contribution in [3.63, 3.8) is 0 Å². The average Bonchev–Trinajstić information content (AvgIpc) is 3.18. The molecule has 200 valence electrons. The van der Waals surface area contributed by atoms with Crippen molar-refractivity contribution in [1.29, 1.82) is 0 Å². The second kappa shape index (κ2) is 13.0. The number of nitrogens with zero attached hydrogens (tertiary/aromatic N) is 3. The first kappa shape index (κ1) is 29.3. The zero-order valence-electron chi connectivity index (χ0n) is 20.6. The number of hydrogen-bond donors (Lipinski definition) is 1. The molecular formula is C23H27Cl2N4O6PS. The van der Waals surface area contributed by atoms with E-state index in [0.717, 1.165) is 21.2 Å². The van der Waals surface area contributed by atoms with Crippen molar-refractivity contribution in [2.75, 3.05) is 20.6 Å². The zero-order chi connectivity index (χ0) is 27.2. The summed E-state index contributed by atoms with van der Waals surface area (Å²) in [6.45, 7) is 4.29. The minimum atomic E-state index is -3.34. The number of nitrogens with two attached hydrogens (primary N) is 1. The van der Waals surface area contributed by atoms with Gasteiger partial charge in [0.15, 0.2) is 13.0 Å². The molecule has 0 saturated carbocycles. The largest absolute Gasteiger partial charge is 0.465 e. The summed E-state index contributed by atoms with van der Waals surface area (Å²) in [4.78, 5) is 21.2. The van der Waals surface area contributed by atoms with Crippen LogP contribution >= 0.6 is 42.6 Å². The molecule has 2 aromatic heterocycles. The van der Waals surface area contributed by atoms with Gasteiger partial charge in [0.2, 0.25) is 5.88 Å². The van der Waals surface area contributed by atoms with Crippen LogP contribution in [0, 0.1) is 0 Å². The molecule has 0 aliphatic rings. The van der Waals surface area contributed by atoms with E-state index in [1.165, 1.54) is 26.0 Å². The van der Waals surface area contributed by atoms with Gasteiger partial charge in [0.1, 0.15) is 10.9 Å². The predicted octanol–water partition coefficient (Wildman–Crippen LogP) is 6.33. The molecular weight excluding hydrogens is 562 g/mol. The smallest absolute Gasteiger partial charge is 0.404 e. The van der Waals surface area contributed by atoms with Crippen molar-refractivity contribution in [2.24, 2.45) is 5.73 Å². The van der Waals surface area contributed by atoms with Gasteiger partial charge in [-0.05, 0) is 29.7 Å². The lowest BCUT2D eigenvalue weighted by atomic mass is 10.1. The van der Waals surface area contributed by atoms with Gasteiger partial charge in [-0.15, -0.1) is 0 Å². The summed E-state index contributed by atoms with van der Waals surface area (Å²) < 4.78 is 34.4. The van der Waals surface area contributed by atoms with E-state index in [1.807, 2.05) is 36.6 Å². The number of pyridine rings is 1. The molecule has 0 aliphatic carbocycles. The summed E-state index contributed by atoms with van der Waals surface area (Å²) in [5.74, 6) is 0.837. The molecule has 0 atom stereocenters. The summed E-state index contributed by atoms with van der Waals surface area (Å²) in [5, 5.41) is 1.85. The van der Waals surface area contributed by atoms with Gasteiger partial charge in [0.05, 0.1) is 12.2 Å². The Labute approximate surface area is 229 Å². The quantitative estimate of drug-likeness (QED) is 0.241. The standard InChI is InChI=1S/C23H27Cl2N4O6PS/c1-14(2)21-22(37-18-8-16(24)7-17(25)9-18)29(19(28-21)12-34-23(26)30)11-15-5-6-20(27-10-15)35-13-36(31,32-3)33-4/h5-10,14H,11-13H2,1-4H3,(H2,26,30). The number of halogens is 2. The van der Waals surface area contributed by atoms with Crippen LogP contribution in [0.3, 0.4) is 0 Å². The molecule has 3 aromatic rings. The fourth-order valence-corrected chi connectivity index (χ4v) is 5.76. The van der Waals surface area contributed by atoms with Gasteiger partial charge in [0.25, 0.3) is 0 Å². The van der Waals surface area contributed by atoms with Gasteiger partial charge in [-0.3, -0.25) is 4.57 Å². The van der Waals surface area contributed by atoms with Crippen molar-refractivity contribution < 1.29 is 27.9 Å². The summed E-state index contributed by atoms with van der Waals surface area (Å²) in [6, 6.07) is 8.74. The predicted molar refractivity (Wildman–Crippen MR) is 142 cm³/mol. The van der Waals surface area contributed by atoms with Crippen LogP contribution in [-0.4, -0.2) is 41.2 Å². The second-order valence-electron chi connectivity index (χ2n) is 8.03.